The van der Waals surface area contributed by atoms with E-state index in [2.05, 4.69) is 11.4 Å². The Bertz CT molecular complexity index is 540. The van der Waals surface area contributed by atoms with Crippen molar-refractivity contribution in [1.82, 2.24) is 10.2 Å². The second-order valence-electron chi connectivity index (χ2n) is 6.35. The summed E-state index contributed by atoms with van der Waals surface area (Å²) in [6, 6.07) is 7.94. The zero-order chi connectivity index (χ0) is 16.1. The second kappa shape index (κ2) is 7.54. The first-order valence-corrected chi connectivity index (χ1v) is 8.09. The van der Waals surface area contributed by atoms with Gasteiger partial charge >= 0.3 is 0 Å². The van der Waals surface area contributed by atoms with E-state index in [-0.39, 0.29) is 17.6 Å². The minimum Gasteiger partial charge on any atom is -0.341 e. The molecule has 1 atom stereocenters. The summed E-state index contributed by atoms with van der Waals surface area (Å²) >= 11 is 0. The van der Waals surface area contributed by atoms with Crippen LogP contribution < -0.4 is 5.32 Å². The Hall–Kier alpha value is -1.68. The molecule has 1 aromatic rings. The minimum atomic E-state index is 0.00955. The van der Waals surface area contributed by atoms with Crippen molar-refractivity contribution in [3.63, 3.8) is 0 Å². The molecule has 1 amide bonds. The second-order valence-corrected chi connectivity index (χ2v) is 6.35. The van der Waals surface area contributed by atoms with Crippen molar-refractivity contribution in [3.05, 3.63) is 35.4 Å². The topological polar surface area (TPSA) is 49.4 Å². The highest BCUT2D eigenvalue weighted by Crippen LogP contribution is 2.28. The van der Waals surface area contributed by atoms with E-state index < -0.39 is 0 Å². The Kier molecular flexibility index (Phi) is 5.72. The van der Waals surface area contributed by atoms with E-state index in [0.29, 0.717) is 12.5 Å². The predicted octanol–water partition coefficient (Wildman–Crippen LogP) is 2.45. The highest BCUT2D eigenvalue weighted by Gasteiger charge is 2.24. The first-order chi connectivity index (χ1) is 10.5. The Labute approximate surface area is 132 Å². The average Bonchev–Trinajstić information content (AvgIpc) is 2.54. The van der Waals surface area contributed by atoms with Crippen LogP contribution in [0.25, 0.3) is 0 Å². The highest BCUT2D eigenvalue weighted by molar-refractivity contribution is 5.97. The van der Waals surface area contributed by atoms with Gasteiger partial charge in [0.2, 0.25) is 5.91 Å². The Balaban J connectivity index is 2.12. The highest BCUT2D eigenvalue weighted by atomic mass is 16.2. The van der Waals surface area contributed by atoms with Gasteiger partial charge in [-0.15, -0.1) is 0 Å². The molecule has 22 heavy (non-hydrogen) atoms. The summed E-state index contributed by atoms with van der Waals surface area (Å²) in [5.74, 6) is 0.673. The van der Waals surface area contributed by atoms with Gasteiger partial charge in [-0.2, -0.15) is 0 Å². The molecule has 0 aliphatic carbocycles. The largest absolute Gasteiger partial charge is 0.341 e. The lowest BCUT2D eigenvalue weighted by Crippen LogP contribution is -2.42. The van der Waals surface area contributed by atoms with Gasteiger partial charge in [0.1, 0.15) is 0 Å². The lowest BCUT2D eigenvalue weighted by atomic mass is 9.88. The molecule has 1 heterocycles. The zero-order valence-corrected chi connectivity index (χ0v) is 13.8. The zero-order valence-electron chi connectivity index (χ0n) is 13.8. The molecule has 1 saturated heterocycles. The van der Waals surface area contributed by atoms with E-state index in [1.54, 1.807) is 7.05 Å². The Morgan fingerprint density at radius 2 is 2.14 bits per heavy atom. The summed E-state index contributed by atoms with van der Waals surface area (Å²) in [5, 5.41) is 2.92. The number of carbonyl (C=O) groups is 2. The van der Waals surface area contributed by atoms with E-state index in [1.807, 2.05) is 36.9 Å². The summed E-state index contributed by atoms with van der Waals surface area (Å²) in [5.41, 5.74) is 1.96. The third-order valence-electron chi connectivity index (χ3n) is 4.27. The smallest absolute Gasteiger partial charge is 0.236 e. The number of ketones is 1. The van der Waals surface area contributed by atoms with Gasteiger partial charge in [-0.25, -0.2) is 0 Å². The Morgan fingerprint density at radius 1 is 1.36 bits per heavy atom. The van der Waals surface area contributed by atoms with Crippen LogP contribution >= 0.6 is 0 Å². The molecule has 120 valence electrons. The molecule has 1 N–H and O–H groups in total. The van der Waals surface area contributed by atoms with Gasteiger partial charge in [0.15, 0.2) is 5.78 Å². The monoisotopic (exact) mass is 302 g/mol. The molecule has 0 bridgehead atoms. The van der Waals surface area contributed by atoms with Gasteiger partial charge in [0, 0.05) is 30.5 Å². The number of nitrogens with one attached hydrogen (secondary N) is 1. The van der Waals surface area contributed by atoms with Crippen molar-refractivity contribution in [2.24, 2.45) is 5.92 Å². The maximum Gasteiger partial charge on any atom is 0.236 e. The summed E-state index contributed by atoms with van der Waals surface area (Å²) in [7, 11) is 1.79. The molecule has 1 aliphatic rings. The van der Waals surface area contributed by atoms with Crippen molar-refractivity contribution in [2.75, 3.05) is 26.7 Å². The third kappa shape index (κ3) is 3.95. The summed E-state index contributed by atoms with van der Waals surface area (Å²) < 4.78 is 0. The fraction of sp³-hybridized carbons (Fsp3) is 0.556. The van der Waals surface area contributed by atoms with E-state index in [9.17, 15) is 9.59 Å². The lowest BCUT2D eigenvalue weighted by molar-refractivity contribution is -0.131. The molecule has 0 radical (unpaired) electrons. The maximum absolute atomic E-state index is 12.2. The van der Waals surface area contributed by atoms with Crippen LogP contribution in [-0.2, 0) is 4.79 Å². The van der Waals surface area contributed by atoms with E-state index in [1.165, 1.54) is 5.56 Å². The van der Waals surface area contributed by atoms with Gasteiger partial charge in [0.25, 0.3) is 0 Å². The van der Waals surface area contributed by atoms with E-state index in [0.717, 1.165) is 31.5 Å². The number of likely N-dealkylation sites (N-methyl/N-ethyl adjacent to an activating group) is 1. The van der Waals surface area contributed by atoms with Gasteiger partial charge in [-0.05, 0) is 31.5 Å². The molecular formula is C18H26N2O2. The predicted molar refractivity (Wildman–Crippen MR) is 88.1 cm³/mol. The number of rotatable bonds is 5. The van der Waals surface area contributed by atoms with Gasteiger partial charge in [-0.1, -0.05) is 32.0 Å². The fourth-order valence-electron chi connectivity index (χ4n) is 3.02. The van der Waals surface area contributed by atoms with Crippen LogP contribution in [0.1, 0.15) is 48.5 Å². The Morgan fingerprint density at radius 3 is 2.82 bits per heavy atom. The summed E-state index contributed by atoms with van der Waals surface area (Å²) in [6.07, 6.45) is 2.09. The van der Waals surface area contributed by atoms with Gasteiger partial charge in [0.05, 0.1) is 6.54 Å². The van der Waals surface area contributed by atoms with Crippen molar-refractivity contribution >= 4 is 11.7 Å². The van der Waals surface area contributed by atoms with Crippen LogP contribution in [0.15, 0.2) is 24.3 Å². The first-order valence-electron chi connectivity index (χ1n) is 8.09. The van der Waals surface area contributed by atoms with Crippen LogP contribution in [0.4, 0.5) is 0 Å². The minimum absolute atomic E-state index is 0.00955. The van der Waals surface area contributed by atoms with Crippen molar-refractivity contribution in [2.45, 2.75) is 32.6 Å². The van der Waals surface area contributed by atoms with Crippen LogP contribution in [0.3, 0.4) is 0 Å². The molecule has 4 nitrogen and oxygen atoms in total. The normalized spacial score (nSPS) is 18.5. The van der Waals surface area contributed by atoms with Crippen molar-refractivity contribution < 1.29 is 9.59 Å². The number of nitrogens with zero attached hydrogens (tertiary/aromatic N) is 1. The number of piperidine rings is 1. The maximum atomic E-state index is 12.2. The molecule has 0 unspecified atom stereocenters. The number of likely N-dealkylation sites (tertiary alicyclic amines) is 1. The van der Waals surface area contributed by atoms with Crippen LogP contribution in [0.5, 0.6) is 0 Å². The number of Topliss-reactive ketones (excluding diaryl/α,β-unsaturated/α-hetero) is 1. The molecule has 2 rings (SSSR count). The SMILES string of the molecule is CNCC(=O)N1CCC[C@@H](c2cccc(C(=O)C(C)C)c2)C1. The number of benzene rings is 1. The van der Waals surface area contributed by atoms with Crippen LogP contribution in [-0.4, -0.2) is 43.3 Å². The molecule has 1 fully saturated rings. The molecule has 1 aromatic carbocycles. The molecule has 0 aromatic heterocycles. The molecular weight excluding hydrogens is 276 g/mol. The van der Waals surface area contributed by atoms with Crippen molar-refractivity contribution in [1.29, 1.82) is 0 Å². The van der Waals surface area contributed by atoms with Crippen LogP contribution in [0.2, 0.25) is 0 Å². The van der Waals surface area contributed by atoms with Gasteiger partial charge in [-0.3, -0.25) is 9.59 Å². The van der Waals surface area contributed by atoms with E-state index in [4.69, 9.17) is 0 Å². The standard InChI is InChI=1S/C18H26N2O2/c1-13(2)18(22)15-7-4-6-14(10-15)16-8-5-9-20(12-16)17(21)11-19-3/h4,6-7,10,13,16,19H,5,8-9,11-12H2,1-3H3/t16-/m1/s1. The van der Waals surface area contributed by atoms with Crippen molar-refractivity contribution in [3.8, 4) is 0 Å². The first kappa shape index (κ1) is 16.7. The van der Waals surface area contributed by atoms with Gasteiger partial charge < -0.3 is 10.2 Å². The summed E-state index contributed by atoms with van der Waals surface area (Å²) in [6.45, 7) is 5.82. The number of hydrogen-bond donors (Lipinski definition) is 1. The number of carbonyl (C=O) groups excluding carboxylic acids is 2. The van der Waals surface area contributed by atoms with E-state index >= 15 is 0 Å². The quantitative estimate of drug-likeness (QED) is 0.850. The number of hydrogen-bond acceptors (Lipinski definition) is 3. The fourth-order valence-corrected chi connectivity index (χ4v) is 3.02. The molecule has 0 spiro atoms. The number of amides is 1. The molecule has 4 heteroatoms. The lowest BCUT2D eigenvalue weighted by Gasteiger charge is -2.33. The molecule has 1 aliphatic heterocycles. The summed E-state index contributed by atoms with van der Waals surface area (Å²) in [4.78, 5) is 26.1. The average molecular weight is 302 g/mol. The van der Waals surface area contributed by atoms with Crippen LogP contribution in [0, 0.1) is 5.92 Å². The molecule has 0 saturated carbocycles. The third-order valence-corrected chi connectivity index (χ3v) is 4.27.